The standard InChI is InChI=1S/C14H22FN5/c1-5-19-14(15)12(8-17-19)7-16-13-6-11(4)20(18-13)9-10(2)3/h6,8,10H,5,7,9H2,1-4H3,(H,16,18). The topological polar surface area (TPSA) is 47.7 Å². The molecule has 0 aliphatic rings. The van der Waals surface area contributed by atoms with E-state index in [4.69, 9.17) is 0 Å². The number of hydrogen-bond donors (Lipinski definition) is 1. The molecule has 0 atom stereocenters. The van der Waals surface area contributed by atoms with Crippen molar-refractivity contribution in [3.8, 4) is 0 Å². The third kappa shape index (κ3) is 3.18. The summed E-state index contributed by atoms with van der Waals surface area (Å²) in [6, 6.07) is 1.98. The quantitative estimate of drug-likeness (QED) is 0.884. The van der Waals surface area contributed by atoms with E-state index in [0.717, 1.165) is 18.1 Å². The highest BCUT2D eigenvalue weighted by Crippen LogP contribution is 2.13. The summed E-state index contributed by atoms with van der Waals surface area (Å²) in [6.07, 6.45) is 1.56. The zero-order valence-electron chi connectivity index (χ0n) is 12.5. The van der Waals surface area contributed by atoms with E-state index >= 15 is 0 Å². The minimum atomic E-state index is -0.279. The van der Waals surface area contributed by atoms with Gasteiger partial charge in [-0.3, -0.25) is 4.68 Å². The molecule has 2 heterocycles. The van der Waals surface area contributed by atoms with Crippen molar-refractivity contribution in [2.24, 2.45) is 5.92 Å². The van der Waals surface area contributed by atoms with Gasteiger partial charge in [-0.2, -0.15) is 14.6 Å². The van der Waals surface area contributed by atoms with Crippen LogP contribution < -0.4 is 5.32 Å². The van der Waals surface area contributed by atoms with Gasteiger partial charge >= 0.3 is 0 Å². The number of nitrogens with one attached hydrogen (secondary N) is 1. The van der Waals surface area contributed by atoms with E-state index < -0.39 is 0 Å². The van der Waals surface area contributed by atoms with Crippen molar-refractivity contribution in [2.75, 3.05) is 5.32 Å². The van der Waals surface area contributed by atoms with Crippen molar-refractivity contribution in [3.63, 3.8) is 0 Å². The van der Waals surface area contributed by atoms with Gasteiger partial charge in [0.05, 0.1) is 6.20 Å². The summed E-state index contributed by atoms with van der Waals surface area (Å²) < 4.78 is 17.1. The molecule has 2 aromatic rings. The molecule has 110 valence electrons. The van der Waals surface area contributed by atoms with Gasteiger partial charge < -0.3 is 5.32 Å². The molecule has 2 aromatic heterocycles. The van der Waals surface area contributed by atoms with Gasteiger partial charge in [0.15, 0.2) is 0 Å². The van der Waals surface area contributed by atoms with Gasteiger partial charge in [0.1, 0.15) is 5.82 Å². The van der Waals surface area contributed by atoms with Crippen LogP contribution in [-0.2, 0) is 19.6 Å². The molecule has 0 fully saturated rings. The molecule has 0 aliphatic heterocycles. The van der Waals surface area contributed by atoms with E-state index in [1.165, 1.54) is 4.68 Å². The molecule has 0 radical (unpaired) electrons. The highest BCUT2D eigenvalue weighted by atomic mass is 19.1. The average Bonchev–Trinajstić information content (AvgIpc) is 2.90. The van der Waals surface area contributed by atoms with E-state index in [2.05, 4.69) is 29.4 Å². The smallest absolute Gasteiger partial charge is 0.216 e. The number of anilines is 1. The Bertz CT molecular complexity index is 570. The van der Waals surface area contributed by atoms with E-state index in [1.54, 1.807) is 6.20 Å². The second-order valence-corrected chi connectivity index (χ2v) is 5.38. The Balaban J connectivity index is 2.02. The van der Waals surface area contributed by atoms with Gasteiger partial charge in [0, 0.05) is 37.0 Å². The first-order valence-corrected chi connectivity index (χ1v) is 6.99. The normalized spacial score (nSPS) is 11.3. The first kappa shape index (κ1) is 14.6. The van der Waals surface area contributed by atoms with Gasteiger partial charge in [-0.15, -0.1) is 0 Å². The van der Waals surface area contributed by atoms with E-state index in [1.807, 2.05) is 24.6 Å². The average molecular weight is 279 g/mol. The second-order valence-electron chi connectivity index (χ2n) is 5.38. The molecule has 1 N–H and O–H groups in total. The fraction of sp³-hybridized carbons (Fsp3) is 0.571. The summed E-state index contributed by atoms with van der Waals surface area (Å²) in [4.78, 5) is 0. The molecule has 20 heavy (non-hydrogen) atoms. The molecule has 2 rings (SSSR count). The van der Waals surface area contributed by atoms with Crippen LogP contribution in [0.1, 0.15) is 32.0 Å². The molecule has 0 aliphatic carbocycles. The van der Waals surface area contributed by atoms with Crippen LogP contribution in [0.3, 0.4) is 0 Å². The molecule has 0 amide bonds. The fourth-order valence-electron chi connectivity index (χ4n) is 2.06. The van der Waals surface area contributed by atoms with E-state index in [9.17, 15) is 4.39 Å². The van der Waals surface area contributed by atoms with Crippen LogP contribution >= 0.6 is 0 Å². The van der Waals surface area contributed by atoms with Crippen LogP contribution in [0.4, 0.5) is 10.2 Å². The first-order valence-electron chi connectivity index (χ1n) is 6.99. The molecule has 0 bridgehead atoms. The maximum atomic E-state index is 13.8. The van der Waals surface area contributed by atoms with Crippen molar-refractivity contribution in [1.29, 1.82) is 0 Å². The lowest BCUT2D eigenvalue weighted by molar-refractivity contribution is 0.465. The minimum absolute atomic E-state index is 0.279. The summed E-state index contributed by atoms with van der Waals surface area (Å²) in [6.45, 7) is 10.0. The van der Waals surface area contributed by atoms with Crippen LogP contribution in [0.25, 0.3) is 0 Å². The first-order chi connectivity index (χ1) is 9.51. The molecule has 0 saturated carbocycles. The summed E-state index contributed by atoms with van der Waals surface area (Å²) in [5.41, 5.74) is 1.66. The maximum Gasteiger partial charge on any atom is 0.216 e. The van der Waals surface area contributed by atoms with Crippen molar-refractivity contribution >= 4 is 5.82 Å². The Hall–Kier alpha value is -1.85. The van der Waals surface area contributed by atoms with Crippen LogP contribution in [0.2, 0.25) is 0 Å². The Labute approximate surface area is 118 Å². The summed E-state index contributed by atoms with van der Waals surface area (Å²) in [5, 5.41) is 11.6. The number of nitrogens with zero attached hydrogens (tertiary/aromatic N) is 4. The lowest BCUT2D eigenvalue weighted by Gasteiger charge is -2.06. The molecule has 0 aromatic carbocycles. The Morgan fingerprint density at radius 1 is 1.35 bits per heavy atom. The van der Waals surface area contributed by atoms with E-state index in [0.29, 0.717) is 24.6 Å². The Kier molecular flexibility index (Phi) is 4.42. The number of aryl methyl sites for hydroxylation is 2. The van der Waals surface area contributed by atoms with Gasteiger partial charge in [0.2, 0.25) is 5.95 Å². The van der Waals surface area contributed by atoms with Crippen LogP contribution in [0.15, 0.2) is 12.3 Å². The van der Waals surface area contributed by atoms with Gasteiger partial charge in [-0.05, 0) is 19.8 Å². The van der Waals surface area contributed by atoms with Gasteiger partial charge in [-0.25, -0.2) is 4.68 Å². The summed E-state index contributed by atoms with van der Waals surface area (Å²) >= 11 is 0. The summed E-state index contributed by atoms with van der Waals surface area (Å²) in [5.74, 6) is 1.03. The molecule has 0 spiro atoms. The molecule has 0 saturated heterocycles. The Morgan fingerprint density at radius 3 is 2.70 bits per heavy atom. The number of halogens is 1. The SMILES string of the molecule is CCn1ncc(CNc2cc(C)n(CC(C)C)n2)c1F. The predicted octanol–water partition coefficient (Wildman–Crippen LogP) is 2.82. The molecular weight excluding hydrogens is 257 g/mol. The Morgan fingerprint density at radius 2 is 2.10 bits per heavy atom. The van der Waals surface area contributed by atoms with Crippen LogP contribution in [0, 0.1) is 18.8 Å². The third-order valence-corrected chi connectivity index (χ3v) is 3.12. The number of aromatic nitrogens is 4. The number of hydrogen-bond acceptors (Lipinski definition) is 3. The monoisotopic (exact) mass is 279 g/mol. The van der Waals surface area contributed by atoms with Crippen molar-refractivity contribution in [3.05, 3.63) is 29.5 Å². The zero-order valence-corrected chi connectivity index (χ0v) is 12.5. The van der Waals surface area contributed by atoms with Gasteiger partial charge in [-0.1, -0.05) is 13.8 Å². The zero-order chi connectivity index (χ0) is 14.7. The second kappa shape index (κ2) is 6.07. The molecular formula is C14H22FN5. The van der Waals surface area contributed by atoms with Gasteiger partial charge in [0.25, 0.3) is 0 Å². The fourth-order valence-corrected chi connectivity index (χ4v) is 2.06. The van der Waals surface area contributed by atoms with Crippen molar-refractivity contribution < 1.29 is 4.39 Å². The largest absolute Gasteiger partial charge is 0.364 e. The third-order valence-electron chi connectivity index (χ3n) is 3.12. The highest BCUT2D eigenvalue weighted by Gasteiger charge is 2.10. The highest BCUT2D eigenvalue weighted by molar-refractivity contribution is 5.36. The van der Waals surface area contributed by atoms with Crippen LogP contribution in [0.5, 0.6) is 0 Å². The predicted molar refractivity (Wildman–Crippen MR) is 77.0 cm³/mol. The lowest BCUT2D eigenvalue weighted by Crippen LogP contribution is -2.08. The lowest BCUT2D eigenvalue weighted by atomic mass is 10.2. The molecule has 0 unspecified atom stereocenters. The molecule has 5 nitrogen and oxygen atoms in total. The minimum Gasteiger partial charge on any atom is -0.364 e. The van der Waals surface area contributed by atoms with Crippen molar-refractivity contribution in [2.45, 2.75) is 47.3 Å². The van der Waals surface area contributed by atoms with Crippen LogP contribution in [-0.4, -0.2) is 19.6 Å². The van der Waals surface area contributed by atoms with E-state index in [-0.39, 0.29) is 5.95 Å². The maximum absolute atomic E-state index is 13.8. The number of rotatable bonds is 6. The summed E-state index contributed by atoms with van der Waals surface area (Å²) in [7, 11) is 0. The van der Waals surface area contributed by atoms with Crippen molar-refractivity contribution in [1.82, 2.24) is 19.6 Å². The molecule has 6 heteroatoms.